The molecule has 3 amide bonds. The number of amides is 3. The lowest BCUT2D eigenvalue weighted by Gasteiger charge is -2.34. The topological polar surface area (TPSA) is 110 Å². The molecule has 0 saturated heterocycles. The van der Waals surface area contributed by atoms with Crippen molar-refractivity contribution in [2.24, 2.45) is 16.9 Å². The molecule has 1 fully saturated rings. The van der Waals surface area contributed by atoms with Crippen LogP contribution in [0.2, 0.25) is 0 Å². The van der Waals surface area contributed by atoms with Crippen LogP contribution in [0.25, 0.3) is 0 Å². The normalized spacial score (nSPS) is 17.0. The maximum Gasteiger partial charge on any atom is 0.316 e. The third kappa shape index (κ3) is 3.72. The first-order valence-electron chi connectivity index (χ1n) is 7.24. The third-order valence-electron chi connectivity index (χ3n) is 4.09. The van der Waals surface area contributed by atoms with E-state index in [1.54, 1.807) is 24.3 Å². The largest absolute Gasteiger partial charge is 0.351 e. The maximum absolute atomic E-state index is 12.5. The average molecular weight is 290 g/mol. The van der Waals surface area contributed by atoms with E-state index in [1.165, 1.54) is 6.42 Å². The fourth-order valence-corrected chi connectivity index (χ4v) is 2.80. The number of hydrogen-bond donors (Lipinski definition) is 4. The minimum absolute atomic E-state index is 0.0136. The van der Waals surface area contributed by atoms with Gasteiger partial charge in [0.25, 0.3) is 0 Å². The van der Waals surface area contributed by atoms with Gasteiger partial charge in [-0.3, -0.25) is 4.79 Å². The monoisotopic (exact) mass is 290 g/mol. The molecule has 1 aromatic rings. The van der Waals surface area contributed by atoms with Crippen molar-refractivity contribution < 1.29 is 9.59 Å². The van der Waals surface area contributed by atoms with Gasteiger partial charge in [0.15, 0.2) is 0 Å². The zero-order valence-corrected chi connectivity index (χ0v) is 12.0. The molecule has 0 atom stereocenters. The molecule has 0 bridgehead atoms. The first kappa shape index (κ1) is 15.3. The van der Waals surface area contributed by atoms with E-state index in [1.807, 2.05) is 0 Å². The highest BCUT2D eigenvalue weighted by Crippen LogP contribution is 2.36. The Morgan fingerprint density at radius 3 is 2.00 bits per heavy atom. The van der Waals surface area contributed by atoms with Crippen molar-refractivity contribution in [3.8, 4) is 0 Å². The van der Waals surface area contributed by atoms with E-state index in [4.69, 9.17) is 11.5 Å². The Kier molecular flexibility index (Phi) is 4.80. The zero-order valence-electron chi connectivity index (χ0n) is 12.0. The molecule has 0 radical (unpaired) electrons. The number of nitrogens with one attached hydrogen (secondary N) is 2. The van der Waals surface area contributed by atoms with Crippen molar-refractivity contribution in [1.29, 1.82) is 0 Å². The Labute approximate surface area is 124 Å². The molecule has 1 aliphatic rings. The lowest BCUT2D eigenvalue weighted by molar-refractivity contribution is -0.126. The summed E-state index contributed by atoms with van der Waals surface area (Å²) in [7, 11) is 0. The smallest absolute Gasteiger partial charge is 0.316 e. The summed E-state index contributed by atoms with van der Waals surface area (Å²) in [6.07, 6.45) is 4.95. The minimum atomic E-state index is -0.615. The number of nitrogens with two attached hydrogens (primary N) is 2. The molecule has 0 unspecified atom stereocenters. The van der Waals surface area contributed by atoms with Crippen LogP contribution in [0.1, 0.15) is 32.1 Å². The molecular formula is C15H22N4O2. The number of carbonyl (C=O) groups is 2. The molecule has 6 heteroatoms. The number of carbonyl (C=O) groups excluding carboxylic acids is 2. The van der Waals surface area contributed by atoms with Gasteiger partial charge in [-0.1, -0.05) is 19.3 Å². The highest BCUT2D eigenvalue weighted by atomic mass is 16.2. The van der Waals surface area contributed by atoms with E-state index in [2.05, 4.69) is 10.6 Å². The fraction of sp³-hybridized carbons (Fsp3) is 0.467. The predicted octanol–water partition coefficient (Wildman–Crippen LogP) is 2.02. The first-order chi connectivity index (χ1) is 10.1. The van der Waals surface area contributed by atoms with Crippen LogP contribution in [0.4, 0.5) is 16.2 Å². The number of urea groups is 1. The molecule has 0 aliphatic heterocycles. The van der Waals surface area contributed by atoms with E-state index in [0.29, 0.717) is 17.9 Å². The van der Waals surface area contributed by atoms with E-state index >= 15 is 0 Å². The summed E-state index contributed by atoms with van der Waals surface area (Å²) >= 11 is 0. The van der Waals surface area contributed by atoms with Crippen LogP contribution in [-0.2, 0) is 4.79 Å². The van der Waals surface area contributed by atoms with E-state index < -0.39 is 11.4 Å². The van der Waals surface area contributed by atoms with Gasteiger partial charge >= 0.3 is 6.03 Å². The lowest BCUT2D eigenvalue weighted by atomic mass is 9.73. The number of benzene rings is 1. The van der Waals surface area contributed by atoms with Gasteiger partial charge in [0.2, 0.25) is 5.91 Å². The van der Waals surface area contributed by atoms with Crippen molar-refractivity contribution in [2.45, 2.75) is 32.1 Å². The highest BCUT2D eigenvalue weighted by molar-refractivity contribution is 5.96. The van der Waals surface area contributed by atoms with Crippen molar-refractivity contribution in [2.75, 3.05) is 17.2 Å². The van der Waals surface area contributed by atoms with Crippen LogP contribution in [0, 0.1) is 5.41 Å². The molecule has 1 aliphatic carbocycles. The lowest BCUT2D eigenvalue weighted by Crippen LogP contribution is -2.43. The fourth-order valence-electron chi connectivity index (χ4n) is 2.80. The second-order valence-electron chi connectivity index (χ2n) is 5.57. The molecule has 0 spiro atoms. The van der Waals surface area contributed by atoms with Gasteiger partial charge in [0, 0.05) is 17.9 Å². The Morgan fingerprint density at radius 2 is 1.52 bits per heavy atom. The molecule has 0 aromatic heterocycles. The molecule has 114 valence electrons. The van der Waals surface area contributed by atoms with Crippen molar-refractivity contribution in [1.82, 2.24) is 0 Å². The average Bonchev–Trinajstić information content (AvgIpc) is 2.49. The van der Waals surface area contributed by atoms with Crippen LogP contribution in [0.5, 0.6) is 0 Å². The summed E-state index contributed by atoms with van der Waals surface area (Å²) < 4.78 is 0. The van der Waals surface area contributed by atoms with Crippen LogP contribution < -0.4 is 22.1 Å². The summed E-state index contributed by atoms with van der Waals surface area (Å²) in [5.41, 5.74) is 11.7. The minimum Gasteiger partial charge on any atom is -0.351 e. The van der Waals surface area contributed by atoms with Gasteiger partial charge in [-0.25, -0.2) is 4.79 Å². The van der Waals surface area contributed by atoms with Gasteiger partial charge in [0.1, 0.15) is 0 Å². The number of anilines is 2. The van der Waals surface area contributed by atoms with Crippen LogP contribution >= 0.6 is 0 Å². The van der Waals surface area contributed by atoms with Gasteiger partial charge in [-0.2, -0.15) is 0 Å². The van der Waals surface area contributed by atoms with E-state index in [9.17, 15) is 9.59 Å². The van der Waals surface area contributed by atoms with Crippen molar-refractivity contribution in [3.05, 3.63) is 24.3 Å². The van der Waals surface area contributed by atoms with Gasteiger partial charge in [-0.05, 0) is 37.1 Å². The molecular weight excluding hydrogens is 268 g/mol. The molecule has 6 N–H and O–H groups in total. The van der Waals surface area contributed by atoms with Gasteiger partial charge in [-0.15, -0.1) is 0 Å². The summed E-state index contributed by atoms with van der Waals surface area (Å²) in [5.74, 6) is -0.0136. The standard InChI is InChI=1S/C15H22N4O2/c16-10-15(8-2-1-3-9-15)13(20)18-11-4-6-12(7-5-11)19-14(17)21/h4-7H,1-3,8-10,16H2,(H,18,20)(H3,17,19,21). The maximum atomic E-state index is 12.5. The molecule has 6 nitrogen and oxygen atoms in total. The van der Waals surface area contributed by atoms with Crippen molar-refractivity contribution >= 4 is 23.3 Å². The summed E-state index contributed by atoms with van der Waals surface area (Å²) in [4.78, 5) is 23.2. The number of hydrogen-bond acceptors (Lipinski definition) is 3. The molecule has 0 heterocycles. The quantitative estimate of drug-likeness (QED) is 0.680. The second-order valence-corrected chi connectivity index (χ2v) is 5.57. The number of rotatable bonds is 4. The molecule has 1 aromatic carbocycles. The predicted molar refractivity (Wildman–Crippen MR) is 82.9 cm³/mol. The summed E-state index contributed by atoms with van der Waals surface area (Å²) in [6, 6.07) is 6.23. The highest BCUT2D eigenvalue weighted by Gasteiger charge is 2.38. The Morgan fingerprint density at radius 1 is 1.00 bits per heavy atom. The van der Waals surface area contributed by atoms with Crippen molar-refractivity contribution in [3.63, 3.8) is 0 Å². The van der Waals surface area contributed by atoms with Gasteiger partial charge in [0.05, 0.1) is 5.41 Å². The van der Waals surface area contributed by atoms with Crippen LogP contribution in [0.15, 0.2) is 24.3 Å². The van der Waals surface area contributed by atoms with Crippen LogP contribution in [0.3, 0.4) is 0 Å². The first-order valence-corrected chi connectivity index (χ1v) is 7.24. The molecule has 2 rings (SSSR count). The Balaban J connectivity index is 2.03. The Hall–Kier alpha value is -2.08. The van der Waals surface area contributed by atoms with E-state index in [0.717, 1.165) is 25.7 Å². The zero-order chi connectivity index (χ0) is 15.3. The van der Waals surface area contributed by atoms with E-state index in [-0.39, 0.29) is 5.91 Å². The second kappa shape index (κ2) is 6.58. The number of primary amides is 1. The summed E-state index contributed by atoms with van der Waals surface area (Å²) in [6.45, 7) is 0.375. The summed E-state index contributed by atoms with van der Waals surface area (Å²) in [5, 5.41) is 5.39. The van der Waals surface area contributed by atoms with Gasteiger partial charge < -0.3 is 22.1 Å². The Bertz CT molecular complexity index is 507. The third-order valence-corrected chi connectivity index (χ3v) is 4.09. The van der Waals surface area contributed by atoms with Crippen LogP contribution in [-0.4, -0.2) is 18.5 Å². The molecule has 1 saturated carbocycles. The SMILES string of the molecule is NCC1(C(=O)Nc2ccc(NC(N)=O)cc2)CCCCC1. The molecule has 21 heavy (non-hydrogen) atoms.